The molecule has 1 saturated heterocycles. The Morgan fingerprint density at radius 2 is 1.95 bits per heavy atom. The number of anilines is 1. The Morgan fingerprint density at radius 3 is 2.60 bits per heavy atom. The van der Waals surface area contributed by atoms with Crippen molar-refractivity contribution in [1.82, 2.24) is 14.9 Å². The number of hydrogen-bond acceptors (Lipinski definition) is 4. The summed E-state index contributed by atoms with van der Waals surface area (Å²) in [6.45, 7) is 6.17. The lowest BCUT2D eigenvalue weighted by molar-refractivity contribution is 0.187. The van der Waals surface area contributed by atoms with Crippen molar-refractivity contribution in [3.8, 4) is 0 Å². The van der Waals surface area contributed by atoms with Gasteiger partial charge in [0, 0.05) is 44.7 Å². The van der Waals surface area contributed by atoms with Crippen molar-refractivity contribution in [2.75, 3.05) is 31.1 Å². The number of aryl methyl sites for hydroxylation is 1. The van der Waals surface area contributed by atoms with Crippen LogP contribution in [0.25, 0.3) is 0 Å². The van der Waals surface area contributed by atoms with Crippen molar-refractivity contribution in [3.05, 3.63) is 22.2 Å². The highest BCUT2D eigenvalue weighted by Gasteiger charge is 2.26. The summed E-state index contributed by atoms with van der Waals surface area (Å²) in [6, 6.07) is 2.43. The Labute approximate surface area is 120 Å². The summed E-state index contributed by atoms with van der Waals surface area (Å²) in [6.07, 6.45) is 6.28. The highest BCUT2D eigenvalue weighted by atomic mass is 16.1. The summed E-state index contributed by atoms with van der Waals surface area (Å²) in [5, 5.41) is 0. The second kappa shape index (κ2) is 5.95. The number of aromatic nitrogens is 2. The summed E-state index contributed by atoms with van der Waals surface area (Å²) in [5.74, 6) is 1.63. The van der Waals surface area contributed by atoms with Gasteiger partial charge in [-0.2, -0.15) is 0 Å². The van der Waals surface area contributed by atoms with Gasteiger partial charge in [-0.05, 0) is 12.8 Å². The van der Waals surface area contributed by atoms with Gasteiger partial charge in [-0.15, -0.1) is 0 Å². The molecule has 1 aromatic rings. The molecule has 0 spiro atoms. The monoisotopic (exact) mass is 276 g/mol. The minimum absolute atomic E-state index is 0.0370. The lowest BCUT2D eigenvalue weighted by Gasteiger charge is -2.38. The quantitative estimate of drug-likeness (QED) is 0.906. The second-order valence-corrected chi connectivity index (χ2v) is 5.87. The fourth-order valence-corrected chi connectivity index (χ4v) is 3.41. The molecule has 20 heavy (non-hydrogen) atoms. The normalized spacial score (nSPS) is 21.6. The van der Waals surface area contributed by atoms with Crippen molar-refractivity contribution in [3.63, 3.8) is 0 Å². The van der Waals surface area contributed by atoms with E-state index in [1.807, 2.05) is 6.92 Å². The van der Waals surface area contributed by atoms with E-state index in [2.05, 4.69) is 19.8 Å². The van der Waals surface area contributed by atoms with Crippen molar-refractivity contribution in [2.45, 2.75) is 45.1 Å². The van der Waals surface area contributed by atoms with Crippen molar-refractivity contribution < 1.29 is 0 Å². The van der Waals surface area contributed by atoms with E-state index in [4.69, 9.17) is 0 Å². The van der Waals surface area contributed by atoms with Gasteiger partial charge in [-0.3, -0.25) is 9.69 Å². The van der Waals surface area contributed by atoms with Crippen LogP contribution in [0.15, 0.2) is 10.9 Å². The van der Waals surface area contributed by atoms with Gasteiger partial charge < -0.3 is 9.88 Å². The van der Waals surface area contributed by atoms with E-state index in [9.17, 15) is 4.79 Å². The predicted octanol–water partition coefficient (Wildman–Crippen LogP) is 1.40. The van der Waals surface area contributed by atoms with Gasteiger partial charge in [-0.1, -0.05) is 19.8 Å². The van der Waals surface area contributed by atoms with E-state index in [0.29, 0.717) is 0 Å². The van der Waals surface area contributed by atoms with Crippen molar-refractivity contribution in [1.29, 1.82) is 0 Å². The Balaban J connectivity index is 1.65. The molecule has 5 nitrogen and oxygen atoms in total. The number of H-pyrrole nitrogens is 1. The van der Waals surface area contributed by atoms with Crippen LogP contribution in [-0.4, -0.2) is 47.1 Å². The zero-order chi connectivity index (χ0) is 13.9. The molecule has 1 aliphatic carbocycles. The van der Waals surface area contributed by atoms with Gasteiger partial charge in [-0.25, -0.2) is 4.98 Å². The average molecular weight is 276 g/mol. The Kier molecular flexibility index (Phi) is 4.05. The second-order valence-electron chi connectivity index (χ2n) is 5.87. The first-order valence-corrected chi connectivity index (χ1v) is 7.85. The average Bonchev–Trinajstić information content (AvgIpc) is 3.01. The van der Waals surface area contributed by atoms with Gasteiger partial charge >= 0.3 is 0 Å². The minimum atomic E-state index is -0.0370. The molecular weight excluding hydrogens is 252 g/mol. The highest BCUT2D eigenvalue weighted by Crippen LogP contribution is 2.25. The van der Waals surface area contributed by atoms with E-state index in [1.165, 1.54) is 25.7 Å². The first-order chi connectivity index (χ1) is 9.76. The molecule has 0 radical (unpaired) electrons. The third-order valence-electron chi connectivity index (χ3n) is 4.59. The van der Waals surface area contributed by atoms with Crippen LogP contribution in [-0.2, 0) is 6.42 Å². The molecule has 5 heteroatoms. The fourth-order valence-electron chi connectivity index (χ4n) is 3.41. The molecule has 0 unspecified atom stereocenters. The van der Waals surface area contributed by atoms with Crippen LogP contribution in [0.1, 0.15) is 38.4 Å². The van der Waals surface area contributed by atoms with Crippen LogP contribution < -0.4 is 10.5 Å². The lowest BCUT2D eigenvalue weighted by Crippen LogP contribution is -2.50. The van der Waals surface area contributed by atoms with E-state index in [1.54, 1.807) is 6.07 Å². The Bertz CT molecular complexity index is 499. The lowest BCUT2D eigenvalue weighted by atomic mass is 10.2. The van der Waals surface area contributed by atoms with E-state index in [-0.39, 0.29) is 5.56 Å². The predicted molar refractivity (Wildman–Crippen MR) is 80.3 cm³/mol. The maximum absolute atomic E-state index is 11.7. The summed E-state index contributed by atoms with van der Waals surface area (Å²) < 4.78 is 0. The molecule has 1 aliphatic heterocycles. The zero-order valence-electron chi connectivity index (χ0n) is 12.3. The van der Waals surface area contributed by atoms with Gasteiger partial charge in [0.2, 0.25) is 0 Å². The fraction of sp³-hybridized carbons (Fsp3) is 0.733. The van der Waals surface area contributed by atoms with Crippen LogP contribution >= 0.6 is 0 Å². The smallest absolute Gasteiger partial charge is 0.252 e. The summed E-state index contributed by atoms with van der Waals surface area (Å²) >= 11 is 0. The minimum Gasteiger partial charge on any atom is -0.354 e. The van der Waals surface area contributed by atoms with Gasteiger partial charge in [0.15, 0.2) is 0 Å². The molecule has 1 aromatic heterocycles. The molecule has 1 N–H and O–H groups in total. The zero-order valence-corrected chi connectivity index (χ0v) is 12.3. The van der Waals surface area contributed by atoms with Crippen LogP contribution in [0.2, 0.25) is 0 Å². The van der Waals surface area contributed by atoms with Crippen LogP contribution in [0.4, 0.5) is 5.82 Å². The van der Waals surface area contributed by atoms with Gasteiger partial charge in [0.1, 0.15) is 11.6 Å². The maximum Gasteiger partial charge on any atom is 0.252 e. The molecule has 0 atom stereocenters. The maximum atomic E-state index is 11.7. The number of nitrogens with one attached hydrogen (secondary N) is 1. The molecule has 3 rings (SSSR count). The first kappa shape index (κ1) is 13.6. The highest BCUT2D eigenvalue weighted by molar-refractivity contribution is 5.38. The number of rotatable bonds is 3. The Morgan fingerprint density at radius 1 is 1.25 bits per heavy atom. The molecular formula is C15H24N4O. The molecule has 2 heterocycles. The standard InChI is InChI=1S/C15H24N4O/c1-2-13-16-14(11-15(20)17-13)19-9-7-18(8-10-19)12-5-3-4-6-12/h11-12H,2-10H2,1H3,(H,16,17,20). The third kappa shape index (κ3) is 2.87. The van der Waals surface area contributed by atoms with E-state index in [0.717, 1.165) is 50.3 Å². The SMILES string of the molecule is CCc1nc(N2CCN(C3CCCC3)CC2)cc(=O)[nH]1. The van der Waals surface area contributed by atoms with Gasteiger partial charge in [0.25, 0.3) is 5.56 Å². The molecule has 110 valence electrons. The number of nitrogens with zero attached hydrogens (tertiary/aromatic N) is 3. The molecule has 0 bridgehead atoms. The molecule has 2 aliphatic rings. The van der Waals surface area contributed by atoms with Crippen LogP contribution in [0, 0.1) is 0 Å². The van der Waals surface area contributed by atoms with Crippen LogP contribution in [0.3, 0.4) is 0 Å². The largest absolute Gasteiger partial charge is 0.354 e. The summed E-state index contributed by atoms with van der Waals surface area (Å²) in [7, 11) is 0. The Hall–Kier alpha value is -1.36. The summed E-state index contributed by atoms with van der Waals surface area (Å²) in [4.78, 5) is 23.9. The van der Waals surface area contributed by atoms with Crippen molar-refractivity contribution in [2.24, 2.45) is 0 Å². The van der Waals surface area contributed by atoms with Crippen molar-refractivity contribution >= 4 is 5.82 Å². The van der Waals surface area contributed by atoms with Crippen LogP contribution in [0.5, 0.6) is 0 Å². The van der Waals surface area contributed by atoms with E-state index >= 15 is 0 Å². The molecule has 0 aromatic carbocycles. The number of hydrogen-bond donors (Lipinski definition) is 1. The number of piperazine rings is 1. The first-order valence-electron chi connectivity index (χ1n) is 7.85. The topological polar surface area (TPSA) is 52.2 Å². The number of aromatic amines is 1. The molecule has 0 amide bonds. The van der Waals surface area contributed by atoms with E-state index < -0.39 is 0 Å². The summed E-state index contributed by atoms with van der Waals surface area (Å²) in [5.41, 5.74) is -0.0370. The molecule has 2 fully saturated rings. The third-order valence-corrected chi connectivity index (χ3v) is 4.59. The van der Waals surface area contributed by atoms with Gasteiger partial charge in [0.05, 0.1) is 0 Å². The molecule has 1 saturated carbocycles.